The van der Waals surface area contributed by atoms with E-state index in [1.807, 2.05) is 0 Å². The van der Waals surface area contributed by atoms with Gasteiger partial charge in [0.05, 0.1) is 12.4 Å². The Bertz CT molecular complexity index is 569. The summed E-state index contributed by atoms with van der Waals surface area (Å²) in [6.07, 6.45) is 2.83. The lowest BCUT2D eigenvalue weighted by Crippen LogP contribution is -2.44. The van der Waals surface area contributed by atoms with E-state index >= 15 is 0 Å². The monoisotopic (exact) mass is 315 g/mol. The highest BCUT2D eigenvalue weighted by molar-refractivity contribution is 7.89. The van der Waals surface area contributed by atoms with Crippen molar-refractivity contribution in [2.75, 3.05) is 20.2 Å². The molecule has 118 valence electrons. The van der Waals surface area contributed by atoms with Crippen LogP contribution in [0.3, 0.4) is 0 Å². The summed E-state index contributed by atoms with van der Waals surface area (Å²) in [7, 11) is -1.68. The second-order valence-corrected chi connectivity index (χ2v) is 7.68. The summed E-state index contributed by atoms with van der Waals surface area (Å²) in [5, 5.41) is -0.388. The van der Waals surface area contributed by atoms with E-state index in [9.17, 15) is 8.42 Å². The van der Waals surface area contributed by atoms with Gasteiger partial charge in [0.1, 0.15) is 6.10 Å². The zero-order valence-corrected chi connectivity index (χ0v) is 13.3. The lowest BCUT2D eigenvalue weighted by Gasteiger charge is -2.32. The van der Waals surface area contributed by atoms with Gasteiger partial charge in [0.25, 0.3) is 0 Å². The van der Waals surface area contributed by atoms with E-state index in [0.717, 1.165) is 0 Å². The van der Waals surface area contributed by atoms with Crippen LogP contribution in [-0.4, -0.2) is 54.2 Å². The third-order valence-corrected chi connectivity index (χ3v) is 5.71. The minimum atomic E-state index is -3.17. The molecule has 1 aliphatic rings. The fraction of sp³-hybridized carbons (Fsp3) is 0.692. The molecule has 0 bridgehead atoms. The van der Waals surface area contributed by atoms with Crippen LogP contribution < -0.4 is 9.47 Å². The molecule has 1 aliphatic heterocycles. The van der Waals surface area contributed by atoms with Crippen molar-refractivity contribution in [3.8, 4) is 11.9 Å². The first-order chi connectivity index (χ1) is 9.93. The highest BCUT2D eigenvalue weighted by Crippen LogP contribution is 2.21. The molecule has 1 saturated heterocycles. The van der Waals surface area contributed by atoms with Crippen LogP contribution >= 0.6 is 0 Å². The molecule has 0 aromatic carbocycles. The van der Waals surface area contributed by atoms with Crippen molar-refractivity contribution in [1.29, 1.82) is 0 Å². The van der Waals surface area contributed by atoms with Crippen molar-refractivity contribution in [3.05, 3.63) is 12.3 Å². The third kappa shape index (κ3) is 3.82. The van der Waals surface area contributed by atoms with Gasteiger partial charge in [-0.25, -0.2) is 17.7 Å². The van der Waals surface area contributed by atoms with Crippen molar-refractivity contribution in [3.63, 3.8) is 0 Å². The maximum absolute atomic E-state index is 12.1. The molecule has 0 radical (unpaired) electrons. The SMILES string of the molecule is COc1nccc(OC2CCN(S(=O)(=O)C(C)C)CC2)n1. The quantitative estimate of drug-likeness (QED) is 0.808. The Morgan fingerprint density at radius 2 is 2.00 bits per heavy atom. The Hall–Kier alpha value is -1.41. The van der Waals surface area contributed by atoms with E-state index in [1.54, 1.807) is 26.1 Å². The fourth-order valence-corrected chi connectivity index (χ4v) is 3.48. The first-order valence-electron chi connectivity index (χ1n) is 6.96. The van der Waals surface area contributed by atoms with Crippen molar-refractivity contribution in [2.24, 2.45) is 0 Å². The van der Waals surface area contributed by atoms with Crippen LogP contribution in [0.25, 0.3) is 0 Å². The highest BCUT2D eigenvalue weighted by atomic mass is 32.2. The predicted octanol–water partition coefficient (Wildman–Crippen LogP) is 1.07. The average Bonchev–Trinajstić information content (AvgIpc) is 2.48. The molecule has 1 aromatic rings. The van der Waals surface area contributed by atoms with E-state index in [0.29, 0.717) is 31.8 Å². The third-order valence-electron chi connectivity index (χ3n) is 3.43. The topological polar surface area (TPSA) is 81.6 Å². The zero-order valence-electron chi connectivity index (χ0n) is 12.5. The summed E-state index contributed by atoms with van der Waals surface area (Å²) in [5.41, 5.74) is 0. The summed E-state index contributed by atoms with van der Waals surface area (Å²) < 4.78 is 36.4. The number of nitrogens with zero attached hydrogens (tertiary/aromatic N) is 3. The van der Waals surface area contributed by atoms with Crippen LogP contribution in [0.4, 0.5) is 0 Å². The summed E-state index contributed by atoms with van der Waals surface area (Å²) in [6.45, 7) is 4.36. The van der Waals surface area contributed by atoms with Gasteiger partial charge in [-0.1, -0.05) is 0 Å². The van der Waals surface area contributed by atoms with Crippen LogP contribution in [0, 0.1) is 0 Å². The molecule has 0 N–H and O–H groups in total. The molecule has 0 unspecified atom stereocenters. The van der Waals surface area contributed by atoms with Gasteiger partial charge in [0.15, 0.2) is 0 Å². The Morgan fingerprint density at radius 1 is 1.33 bits per heavy atom. The van der Waals surface area contributed by atoms with E-state index in [-0.39, 0.29) is 17.4 Å². The zero-order chi connectivity index (χ0) is 15.5. The van der Waals surface area contributed by atoms with Crippen molar-refractivity contribution >= 4 is 10.0 Å². The smallest absolute Gasteiger partial charge is 0.319 e. The molecular formula is C13H21N3O4S. The molecule has 0 saturated carbocycles. The summed E-state index contributed by atoms with van der Waals surface area (Å²) in [5.74, 6) is 0.451. The number of aromatic nitrogens is 2. The number of ether oxygens (including phenoxy) is 2. The first-order valence-corrected chi connectivity index (χ1v) is 8.46. The van der Waals surface area contributed by atoms with Crippen LogP contribution in [0.5, 0.6) is 11.9 Å². The summed E-state index contributed by atoms with van der Waals surface area (Å²) >= 11 is 0. The van der Waals surface area contributed by atoms with Gasteiger partial charge < -0.3 is 9.47 Å². The van der Waals surface area contributed by atoms with E-state index < -0.39 is 10.0 Å². The number of methoxy groups -OCH3 is 1. The lowest BCUT2D eigenvalue weighted by molar-refractivity contribution is 0.128. The van der Waals surface area contributed by atoms with Crippen molar-refractivity contribution in [1.82, 2.24) is 14.3 Å². The first kappa shape index (κ1) is 16.0. The summed E-state index contributed by atoms with van der Waals surface area (Å²) in [4.78, 5) is 8.01. The molecular weight excluding hydrogens is 294 g/mol. The molecule has 2 rings (SSSR count). The number of rotatable bonds is 5. The Morgan fingerprint density at radius 3 is 2.57 bits per heavy atom. The maximum atomic E-state index is 12.1. The van der Waals surface area contributed by atoms with Crippen LogP contribution in [-0.2, 0) is 10.0 Å². The number of piperidine rings is 1. The molecule has 21 heavy (non-hydrogen) atoms. The van der Waals surface area contributed by atoms with Gasteiger partial charge in [-0.2, -0.15) is 4.98 Å². The molecule has 0 aliphatic carbocycles. The normalized spacial score (nSPS) is 17.9. The molecule has 0 amide bonds. The van der Waals surface area contributed by atoms with Crippen LogP contribution in [0.2, 0.25) is 0 Å². The van der Waals surface area contributed by atoms with Gasteiger partial charge in [-0.3, -0.25) is 0 Å². The molecule has 1 fully saturated rings. The van der Waals surface area contributed by atoms with Crippen LogP contribution in [0.15, 0.2) is 12.3 Å². The second kappa shape index (κ2) is 6.57. The molecule has 2 heterocycles. The van der Waals surface area contributed by atoms with Gasteiger partial charge in [-0.15, -0.1) is 0 Å². The number of hydrogen-bond donors (Lipinski definition) is 0. The molecule has 0 spiro atoms. The van der Waals surface area contributed by atoms with Gasteiger partial charge in [0, 0.05) is 25.4 Å². The number of hydrogen-bond acceptors (Lipinski definition) is 6. The average molecular weight is 315 g/mol. The Kier molecular flexibility index (Phi) is 5.00. The van der Waals surface area contributed by atoms with Gasteiger partial charge in [0.2, 0.25) is 15.9 Å². The van der Waals surface area contributed by atoms with Gasteiger partial charge in [-0.05, 0) is 26.7 Å². The van der Waals surface area contributed by atoms with Gasteiger partial charge >= 0.3 is 6.01 Å². The van der Waals surface area contributed by atoms with Crippen LogP contribution in [0.1, 0.15) is 26.7 Å². The minimum absolute atomic E-state index is 0.0387. The fourth-order valence-electron chi connectivity index (χ4n) is 2.16. The highest BCUT2D eigenvalue weighted by Gasteiger charge is 2.30. The standard InChI is InChI=1S/C13H21N3O4S/c1-10(2)21(17,18)16-8-5-11(6-9-16)20-12-4-7-14-13(15-12)19-3/h4,7,10-11H,5-6,8-9H2,1-3H3. The maximum Gasteiger partial charge on any atom is 0.319 e. The Balaban J connectivity index is 1.92. The lowest BCUT2D eigenvalue weighted by atomic mass is 10.1. The minimum Gasteiger partial charge on any atom is -0.474 e. The predicted molar refractivity (Wildman–Crippen MR) is 77.9 cm³/mol. The molecule has 0 atom stereocenters. The van der Waals surface area contributed by atoms with Crippen molar-refractivity contribution < 1.29 is 17.9 Å². The van der Waals surface area contributed by atoms with E-state index in [2.05, 4.69) is 9.97 Å². The van der Waals surface area contributed by atoms with E-state index in [1.165, 1.54) is 11.4 Å². The van der Waals surface area contributed by atoms with E-state index in [4.69, 9.17) is 9.47 Å². The molecule has 7 nitrogen and oxygen atoms in total. The molecule has 1 aromatic heterocycles. The largest absolute Gasteiger partial charge is 0.474 e. The molecule has 8 heteroatoms. The number of sulfonamides is 1. The summed E-state index contributed by atoms with van der Waals surface area (Å²) in [6, 6.07) is 1.92. The second-order valence-electron chi connectivity index (χ2n) is 5.19. The van der Waals surface area contributed by atoms with Crippen molar-refractivity contribution in [2.45, 2.75) is 38.0 Å². The Labute approximate surface area is 125 Å².